The van der Waals surface area contributed by atoms with E-state index in [1.165, 1.54) is 27.9 Å². The van der Waals surface area contributed by atoms with Gasteiger partial charge in [0.2, 0.25) is 5.91 Å². The van der Waals surface area contributed by atoms with E-state index in [0.717, 1.165) is 10.8 Å². The summed E-state index contributed by atoms with van der Waals surface area (Å²) in [6.45, 7) is 14.3. The Bertz CT molecular complexity index is 1930. The summed E-state index contributed by atoms with van der Waals surface area (Å²) < 4.78 is 37.7. The molecular formula is C48H75N3O14. The van der Waals surface area contributed by atoms with Crippen molar-refractivity contribution >= 4 is 28.4 Å². The lowest BCUT2D eigenvalue weighted by atomic mass is 9.74. The van der Waals surface area contributed by atoms with E-state index in [2.05, 4.69) is 10.3 Å². The topological polar surface area (TPSA) is 236 Å². The normalized spacial score (nSPS) is 41.5. The number of carbonyl (C=O) groups excluding carboxylic acids is 3. The second-order valence-electron chi connectivity index (χ2n) is 19.9. The summed E-state index contributed by atoms with van der Waals surface area (Å²) >= 11 is 0. The van der Waals surface area contributed by atoms with Crippen molar-refractivity contribution < 1.29 is 68.3 Å². The van der Waals surface area contributed by atoms with Crippen LogP contribution in [-0.2, 0) is 49.2 Å². The average Bonchev–Trinajstić information content (AvgIpc) is 3.25. The Morgan fingerprint density at radius 3 is 2.26 bits per heavy atom. The summed E-state index contributed by atoms with van der Waals surface area (Å²) in [6, 6.07) is 7.19. The van der Waals surface area contributed by atoms with Gasteiger partial charge in [0.05, 0.1) is 54.1 Å². The van der Waals surface area contributed by atoms with E-state index in [-0.39, 0.29) is 50.3 Å². The number of carbonyl (C=O) groups is 3. The predicted molar refractivity (Wildman–Crippen MR) is 239 cm³/mol. The highest BCUT2D eigenvalue weighted by Crippen LogP contribution is 2.41. The molecule has 0 aliphatic carbocycles. The molecule has 3 aliphatic rings. The van der Waals surface area contributed by atoms with Crippen LogP contribution in [0.3, 0.4) is 0 Å². The first kappa shape index (κ1) is 52.8. The molecule has 1 amide bonds. The Balaban J connectivity index is 1.52. The number of aliphatic hydroxyl groups is 5. The molecule has 366 valence electrons. The number of nitrogens with one attached hydrogen (secondary N) is 1. The molecule has 17 nitrogen and oxygen atoms in total. The van der Waals surface area contributed by atoms with Gasteiger partial charge in [0, 0.05) is 68.1 Å². The van der Waals surface area contributed by atoms with E-state index in [0.29, 0.717) is 12.0 Å². The SMILES string of the molecule is COC1(C)CC(OC2C(C)C(=O)O[C@H](CCNC(=O)Cc3cncc4ccccc34)[C@@](C)(O)C(O)[C@@H](C)C(=O)[C@H](C)C[C@@](C)(O)C(OC3OC(C)CC(N(C)C)C3O)[C@H]2C)OC(C)C1O. The van der Waals surface area contributed by atoms with Crippen LogP contribution in [0.15, 0.2) is 36.7 Å². The highest BCUT2D eigenvalue weighted by Gasteiger charge is 2.53. The van der Waals surface area contributed by atoms with Gasteiger partial charge in [-0.05, 0) is 79.4 Å². The zero-order valence-electron chi connectivity index (χ0n) is 40.2. The van der Waals surface area contributed by atoms with E-state index in [1.807, 2.05) is 50.2 Å². The Labute approximate surface area is 383 Å². The molecule has 4 heterocycles. The molecule has 0 spiro atoms. The minimum Gasteiger partial charge on any atom is -0.459 e. The zero-order valence-corrected chi connectivity index (χ0v) is 40.2. The third-order valence-corrected chi connectivity index (χ3v) is 14.3. The number of methoxy groups -OCH3 is 1. The van der Waals surface area contributed by atoms with Crippen LogP contribution in [-0.4, -0.2) is 165 Å². The van der Waals surface area contributed by atoms with E-state index in [4.69, 9.17) is 28.4 Å². The minimum absolute atomic E-state index is 0.000837. The van der Waals surface area contributed by atoms with Crippen LogP contribution in [0.25, 0.3) is 10.8 Å². The smallest absolute Gasteiger partial charge is 0.311 e. The molecule has 5 rings (SSSR count). The van der Waals surface area contributed by atoms with Gasteiger partial charge in [-0.2, -0.15) is 0 Å². The second-order valence-corrected chi connectivity index (χ2v) is 19.9. The monoisotopic (exact) mass is 918 g/mol. The summed E-state index contributed by atoms with van der Waals surface area (Å²) in [6.07, 6.45) is -7.78. The number of hydrogen-bond donors (Lipinski definition) is 6. The van der Waals surface area contributed by atoms with Crippen molar-refractivity contribution in [1.29, 1.82) is 0 Å². The first-order valence-electron chi connectivity index (χ1n) is 23.0. The van der Waals surface area contributed by atoms with E-state index >= 15 is 0 Å². The number of aliphatic hydroxyl groups excluding tert-OH is 3. The lowest BCUT2D eigenvalue weighted by molar-refractivity contribution is -0.318. The molecule has 65 heavy (non-hydrogen) atoms. The number of pyridine rings is 1. The number of amides is 1. The van der Waals surface area contributed by atoms with Gasteiger partial charge in [-0.3, -0.25) is 19.4 Å². The van der Waals surface area contributed by atoms with Crippen LogP contribution in [0.1, 0.15) is 93.6 Å². The molecule has 0 bridgehead atoms. The van der Waals surface area contributed by atoms with Gasteiger partial charge in [-0.15, -0.1) is 0 Å². The average molecular weight is 918 g/mol. The van der Waals surface area contributed by atoms with Crippen molar-refractivity contribution in [2.24, 2.45) is 23.7 Å². The number of ether oxygens (including phenoxy) is 6. The molecule has 0 radical (unpaired) electrons. The van der Waals surface area contributed by atoms with Gasteiger partial charge in [0.25, 0.3) is 0 Å². The van der Waals surface area contributed by atoms with Crippen molar-refractivity contribution in [3.63, 3.8) is 0 Å². The second kappa shape index (κ2) is 21.4. The summed E-state index contributed by atoms with van der Waals surface area (Å²) in [5.74, 6) is -5.96. The molecule has 1 aromatic heterocycles. The maximum Gasteiger partial charge on any atom is 0.311 e. The molecule has 6 N–H and O–H groups in total. The lowest BCUT2D eigenvalue weighted by Gasteiger charge is -2.49. The van der Waals surface area contributed by atoms with Crippen LogP contribution in [0.2, 0.25) is 0 Å². The van der Waals surface area contributed by atoms with Gasteiger partial charge in [-0.25, -0.2) is 0 Å². The molecule has 3 saturated heterocycles. The van der Waals surface area contributed by atoms with Crippen LogP contribution in [0, 0.1) is 23.7 Å². The van der Waals surface area contributed by atoms with Crippen LogP contribution < -0.4 is 5.32 Å². The van der Waals surface area contributed by atoms with Crippen molar-refractivity contribution in [3.8, 4) is 0 Å². The van der Waals surface area contributed by atoms with Crippen LogP contribution in [0.5, 0.6) is 0 Å². The highest BCUT2D eigenvalue weighted by atomic mass is 16.7. The Hall–Kier alpha value is -3.20. The molecule has 12 unspecified atom stereocenters. The largest absolute Gasteiger partial charge is 0.459 e. The Morgan fingerprint density at radius 1 is 0.923 bits per heavy atom. The first-order valence-corrected chi connectivity index (χ1v) is 23.0. The van der Waals surface area contributed by atoms with Gasteiger partial charge in [-0.1, -0.05) is 45.0 Å². The summed E-state index contributed by atoms with van der Waals surface area (Å²) in [4.78, 5) is 48.4. The number of benzene rings is 1. The van der Waals surface area contributed by atoms with Crippen molar-refractivity contribution in [1.82, 2.24) is 15.2 Å². The number of fused-ring (bicyclic) bond motifs is 1. The fourth-order valence-electron chi connectivity index (χ4n) is 10.2. The summed E-state index contributed by atoms with van der Waals surface area (Å²) in [5, 5.41) is 63.8. The van der Waals surface area contributed by atoms with Crippen molar-refractivity contribution in [2.45, 2.75) is 179 Å². The molecule has 3 aliphatic heterocycles. The number of aromatic nitrogens is 1. The van der Waals surface area contributed by atoms with Crippen LogP contribution in [0.4, 0.5) is 0 Å². The number of hydrogen-bond acceptors (Lipinski definition) is 16. The number of rotatable bonds is 11. The number of likely N-dealkylation sites (N-methyl/N-ethyl adjacent to an activating group) is 1. The van der Waals surface area contributed by atoms with Crippen LogP contribution >= 0.6 is 0 Å². The number of Topliss-reactive ketones (excluding diaryl/α,β-unsaturated/α-hetero) is 1. The van der Waals surface area contributed by atoms with E-state index < -0.39 is 108 Å². The zero-order chi connectivity index (χ0) is 48.3. The van der Waals surface area contributed by atoms with Gasteiger partial charge in [0.1, 0.15) is 29.7 Å². The quantitative estimate of drug-likeness (QED) is 0.178. The summed E-state index contributed by atoms with van der Waals surface area (Å²) in [7, 11) is 5.14. The van der Waals surface area contributed by atoms with Gasteiger partial charge < -0.3 is 64.2 Å². The maximum atomic E-state index is 14.7. The third-order valence-electron chi connectivity index (χ3n) is 14.3. The first-order chi connectivity index (χ1) is 30.3. The van der Waals surface area contributed by atoms with Crippen molar-refractivity contribution in [3.05, 3.63) is 42.2 Å². The Kier molecular flexibility index (Phi) is 17.4. The maximum absolute atomic E-state index is 14.7. The third kappa shape index (κ3) is 11.9. The predicted octanol–water partition coefficient (Wildman–Crippen LogP) is 2.67. The van der Waals surface area contributed by atoms with E-state index in [1.54, 1.807) is 47.0 Å². The molecule has 3 fully saturated rings. The highest BCUT2D eigenvalue weighted by molar-refractivity contribution is 5.89. The Morgan fingerprint density at radius 2 is 1.60 bits per heavy atom. The van der Waals surface area contributed by atoms with Gasteiger partial charge >= 0.3 is 5.97 Å². The molecule has 2 aromatic rings. The number of nitrogens with zero attached hydrogens (tertiary/aromatic N) is 2. The number of esters is 1. The molecule has 17 heteroatoms. The van der Waals surface area contributed by atoms with Crippen molar-refractivity contribution in [2.75, 3.05) is 27.7 Å². The fourth-order valence-corrected chi connectivity index (χ4v) is 10.2. The van der Waals surface area contributed by atoms with E-state index in [9.17, 15) is 39.9 Å². The summed E-state index contributed by atoms with van der Waals surface area (Å²) in [5.41, 5.74) is -4.50. The lowest BCUT2D eigenvalue weighted by Crippen LogP contribution is -2.61. The molecule has 1 aromatic carbocycles. The van der Waals surface area contributed by atoms with Gasteiger partial charge in [0.15, 0.2) is 12.6 Å². The molecular weight excluding hydrogens is 843 g/mol. The molecule has 18 atom stereocenters. The number of cyclic esters (lactones) is 1. The fraction of sp³-hybridized carbons (Fsp3) is 0.750. The minimum atomic E-state index is -2.22. The molecule has 0 saturated carbocycles. The standard InChI is InChI=1S/C48H75N3O14/c1-25-21-46(7,58)43(65-45-39(54)34(51(10)11)19-26(2)61-45)28(4)40(64-37-22-47(8,60-12)42(56)30(6)62-37)29(5)44(57)63-35(48(9,59)41(55)27(3)38(25)53)17-18-50-36(52)20-32-24-49-23-31-15-13-14-16-33(31)32/h13-16,23-30,34-35,37,39-43,45,54-56,58-59H,17-22H2,1-12H3,(H,50,52)/t25-,26?,27+,28+,29?,30?,34?,35-,37?,39?,40?,41?,42?,43?,45?,46-,47?,48-/m1/s1. The number of ketones is 1.